The van der Waals surface area contributed by atoms with Gasteiger partial charge in [-0.3, -0.25) is 13.9 Å². The lowest BCUT2D eigenvalue weighted by Gasteiger charge is -2.31. The number of nitrogens with one attached hydrogen (secondary N) is 1. The molecule has 0 aliphatic carbocycles. The van der Waals surface area contributed by atoms with Gasteiger partial charge in [0.05, 0.1) is 11.9 Å². The monoisotopic (exact) mass is 537 g/mol. The quantitative estimate of drug-likeness (QED) is 0.419. The van der Waals surface area contributed by atoms with E-state index in [9.17, 15) is 18.0 Å². The normalized spacial score (nSPS) is 12.1. The molecule has 0 radical (unpaired) electrons. The van der Waals surface area contributed by atoms with E-state index in [1.165, 1.54) is 4.90 Å². The fraction of sp³-hybridized carbons (Fsp3) is 0.417. The minimum atomic E-state index is -3.74. The maximum Gasteiger partial charge on any atom is 0.244 e. The average molecular weight is 539 g/mol. The second-order valence-electron chi connectivity index (χ2n) is 7.86. The first-order valence-electron chi connectivity index (χ1n) is 11.0. The summed E-state index contributed by atoms with van der Waals surface area (Å²) in [6, 6.07) is 15.8. The minimum absolute atomic E-state index is 0.253. The van der Waals surface area contributed by atoms with Crippen LogP contribution in [0.2, 0.25) is 0 Å². The Hall–Kier alpha value is -2.39. The van der Waals surface area contributed by atoms with Crippen molar-refractivity contribution in [1.29, 1.82) is 0 Å². The van der Waals surface area contributed by atoms with E-state index < -0.39 is 28.5 Å². The van der Waals surface area contributed by atoms with E-state index in [0.29, 0.717) is 29.7 Å². The molecule has 0 aliphatic rings. The van der Waals surface area contributed by atoms with Gasteiger partial charge in [0.1, 0.15) is 12.6 Å². The van der Waals surface area contributed by atoms with Crippen LogP contribution in [0.3, 0.4) is 0 Å². The summed E-state index contributed by atoms with van der Waals surface area (Å²) >= 11 is 3.37. The summed E-state index contributed by atoms with van der Waals surface area (Å²) < 4.78 is 26.7. The highest BCUT2D eigenvalue weighted by atomic mass is 79.9. The third-order valence-corrected chi connectivity index (χ3v) is 7.08. The molecule has 0 unspecified atom stereocenters. The van der Waals surface area contributed by atoms with Crippen LogP contribution < -0.4 is 9.62 Å². The van der Waals surface area contributed by atoms with Gasteiger partial charge in [-0.05, 0) is 53.4 Å². The average Bonchev–Trinajstić information content (AvgIpc) is 2.78. The predicted octanol–water partition coefficient (Wildman–Crippen LogP) is 3.59. The number of amides is 2. The van der Waals surface area contributed by atoms with Crippen LogP contribution >= 0.6 is 15.9 Å². The van der Waals surface area contributed by atoms with Gasteiger partial charge < -0.3 is 10.2 Å². The van der Waals surface area contributed by atoms with Crippen molar-refractivity contribution in [1.82, 2.24) is 10.2 Å². The number of halogens is 1. The van der Waals surface area contributed by atoms with E-state index in [0.717, 1.165) is 29.0 Å². The molecule has 2 rings (SSSR count). The van der Waals surface area contributed by atoms with Crippen LogP contribution in [0.15, 0.2) is 59.1 Å². The highest BCUT2D eigenvalue weighted by Crippen LogP contribution is 2.27. The number of benzene rings is 2. The smallest absolute Gasteiger partial charge is 0.244 e. The van der Waals surface area contributed by atoms with Crippen molar-refractivity contribution in [2.75, 3.05) is 30.2 Å². The molecular formula is C24H32BrN3O4S. The van der Waals surface area contributed by atoms with Crippen molar-refractivity contribution < 1.29 is 18.0 Å². The summed E-state index contributed by atoms with van der Waals surface area (Å²) in [5.74, 6) is -0.693. The van der Waals surface area contributed by atoms with Crippen molar-refractivity contribution in [2.45, 2.75) is 39.2 Å². The number of hydrogen-bond donors (Lipinski definition) is 1. The third kappa shape index (κ3) is 8.16. The van der Waals surface area contributed by atoms with Gasteiger partial charge in [0, 0.05) is 17.6 Å². The van der Waals surface area contributed by atoms with E-state index in [4.69, 9.17) is 0 Å². The molecule has 2 aromatic rings. The number of nitrogens with zero attached hydrogens (tertiary/aromatic N) is 2. The Kier molecular flexibility index (Phi) is 10.4. The standard InChI is InChI=1S/C24H32BrN3O4S/c1-4-5-16-26-24(30)19(2)27(17-15-20-11-7-6-8-12-20)23(29)18-28(33(3,31)32)22-14-10-9-13-21(22)25/h6-14,19H,4-5,15-18H2,1-3H3,(H,26,30)/t19-/m0/s1. The Morgan fingerprint density at radius 3 is 2.30 bits per heavy atom. The molecular weight excluding hydrogens is 506 g/mol. The maximum atomic E-state index is 13.4. The molecule has 2 aromatic carbocycles. The van der Waals surface area contributed by atoms with Gasteiger partial charge in [-0.1, -0.05) is 55.8 Å². The van der Waals surface area contributed by atoms with Crippen molar-refractivity contribution in [3.05, 3.63) is 64.6 Å². The van der Waals surface area contributed by atoms with Crippen LogP contribution in [0.4, 0.5) is 5.69 Å². The van der Waals surface area contributed by atoms with Gasteiger partial charge in [0.25, 0.3) is 0 Å². The van der Waals surface area contributed by atoms with Gasteiger partial charge in [0.15, 0.2) is 0 Å². The molecule has 7 nitrogen and oxygen atoms in total. The Morgan fingerprint density at radius 2 is 1.70 bits per heavy atom. The number of unbranched alkanes of at least 4 members (excludes halogenated alkanes) is 1. The predicted molar refractivity (Wildman–Crippen MR) is 136 cm³/mol. The first-order chi connectivity index (χ1) is 15.6. The molecule has 0 saturated carbocycles. The fourth-order valence-corrected chi connectivity index (χ4v) is 4.83. The zero-order chi connectivity index (χ0) is 24.4. The van der Waals surface area contributed by atoms with Gasteiger partial charge >= 0.3 is 0 Å². The number of anilines is 1. The van der Waals surface area contributed by atoms with E-state index in [-0.39, 0.29) is 5.91 Å². The van der Waals surface area contributed by atoms with Gasteiger partial charge in [-0.15, -0.1) is 0 Å². The lowest BCUT2D eigenvalue weighted by Crippen LogP contribution is -2.52. The minimum Gasteiger partial charge on any atom is -0.354 e. The Balaban J connectivity index is 2.28. The molecule has 0 heterocycles. The Bertz CT molecular complexity index is 1030. The van der Waals surface area contributed by atoms with Crippen LogP contribution in [0.5, 0.6) is 0 Å². The van der Waals surface area contributed by atoms with E-state index in [1.54, 1.807) is 31.2 Å². The van der Waals surface area contributed by atoms with Crippen LogP contribution in [0.25, 0.3) is 0 Å². The van der Waals surface area contributed by atoms with Crippen molar-refractivity contribution >= 4 is 43.5 Å². The first kappa shape index (κ1) is 26.9. The molecule has 33 heavy (non-hydrogen) atoms. The Morgan fingerprint density at radius 1 is 1.06 bits per heavy atom. The van der Waals surface area contributed by atoms with E-state index >= 15 is 0 Å². The molecule has 0 aromatic heterocycles. The number of carbonyl (C=O) groups is 2. The van der Waals surface area contributed by atoms with Crippen molar-refractivity contribution in [3.8, 4) is 0 Å². The zero-order valence-corrected chi connectivity index (χ0v) is 21.7. The second kappa shape index (κ2) is 12.7. The molecule has 0 saturated heterocycles. The molecule has 2 amide bonds. The van der Waals surface area contributed by atoms with Crippen LogP contribution in [-0.2, 0) is 26.0 Å². The molecule has 180 valence electrons. The molecule has 0 fully saturated rings. The number of para-hydroxylation sites is 1. The van der Waals surface area contributed by atoms with Crippen LogP contribution in [0.1, 0.15) is 32.3 Å². The van der Waals surface area contributed by atoms with E-state index in [1.807, 2.05) is 37.3 Å². The molecule has 0 bridgehead atoms. The second-order valence-corrected chi connectivity index (χ2v) is 10.6. The summed E-state index contributed by atoms with van der Waals surface area (Å²) in [7, 11) is -3.74. The molecule has 1 atom stereocenters. The van der Waals surface area contributed by atoms with E-state index in [2.05, 4.69) is 21.2 Å². The number of carbonyl (C=O) groups excluding carboxylic acids is 2. The largest absolute Gasteiger partial charge is 0.354 e. The third-order valence-electron chi connectivity index (χ3n) is 5.28. The fourth-order valence-electron chi connectivity index (χ4n) is 3.35. The molecule has 0 spiro atoms. The summed E-state index contributed by atoms with van der Waals surface area (Å²) in [6.45, 7) is 4.13. The number of rotatable bonds is 12. The zero-order valence-electron chi connectivity index (χ0n) is 19.3. The van der Waals surface area contributed by atoms with Crippen molar-refractivity contribution in [3.63, 3.8) is 0 Å². The van der Waals surface area contributed by atoms with Gasteiger partial charge in [-0.2, -0.15) is 0 Å². The van der Waals surface area contributed by atoms with Crippen LogP contribution in [0, 0.1) is 0 Å². The summed E-state index contributed by atoms with van der Waals surface area (Å²) in [5.41, 5.74) is 1.40. The maximum absolute atomic E-state index is 13.4. The number of sulfonamides is 1. The summed E-state index contributed by atoms with van der Waals surface area (Å²) in [6.07, 6.45) is 3.41. The Labute approximate surface area is 205 Å². The molecule has 9 heteroatoms. The van der Waals surface area contributed by atoms with Crippen molar-refractivity contribution in [2.24, 2.45) is 0 Å². The topological polar surface area (TPSA) is 86.8 Å². The molecule has 1 N–H and O–H groups in total. The lowest BCUT2D eigenvalue weighted by molar-refractivity contribution is -0.138. The number of hydrogen-bond acceptors (Lipinski definition) is 4. The first-order valence-corrected chi connectivity index (χ1v) is 13.6. The van der Waals surface area contributed by atoms with Crippen LogP contribution in [-0.4, -0.2) is 57.1 Å². The molecule has 0 aliphatic heterocycles. The van der Waals surface area contributed by atoms with Gasteiger partial charge in [0.2, 0.25) is 21.8 Å². The summed E-state index contributed by atoms with van der Waals surface area (Å²) in [5, 5.41) is 2.87. The van der Waals surface area contributed by atoms with Gasteiger partial charge in [-0.25, -0.2) is 8.42 Å². The summed E-state index contributed by atoms with van der Waals surface area (Å²) in [4.78, 5) is 27.6. The highest BCUT2D eigenvalue weighted by Gasteiger charge is 2.30. The lowest BCUT2D eigenvalue weighted by atomic mass is 10.1. The SMILES string of the molecule is CCCCNC(=O)[C@H](C)N(CCc1ccccc1)C(=O)CN(c1ccccc1Br)S(C)(=O)=O. The highest BCUT2D eigenvalue weighted by molar-refractivity contribution is 9.10.